The van der Waals surface area contributed by atoms with Crippen molar-refractivity contribution in [3.63, 3.8) is 0 Å². The number of hydrogen-bond acceptors (Lipinski definition) is 9. The third kappa shape index (κ3) is 7.75. The minimum atomic E-state index is -4.96. The van der Waals surface area contributed by atoms with E-state index in [9.17, 15) is 31.2 Å². The summed E-state index contributed by atoms with van der Waals surface area (Å²) in [5, 5.41) is 1.99. The average molecular weight is 669 g/mol. The number of carbonyl (C=O) groups excluding carboxylic acids is 2. The summed E-state index contributed by atoms with van der Waals surface area (Å²) >= 11 is 1.29. The molecule has 0 saturated carbocycles. The fourth-order valence-corrected chi connectivity index (χ4v) is 7.76. The van der Waals surface area contributed by atoms with Crippen molar-refractivity contribution in [2.24, 2.45) is 17.1 Å². The maximum absolute atomic E-state index is 13.7. The molecule has 3 aromatic rings. The van der Waals surface area contributed by atoms with E-state index in [2.05, 4.69) is 36.1 Å². The van der Waals surface area contributed by atoms with E-state index in [4.69, 9.17) is 15.2 Å². The largest absolute Gasteiger partial charge is 0.493 e. The molecular formula is C30H35F3N4O6S2. The maximum Gasteiger partial charge on any atom is 0.433 e. The number of primary amides is 1. The maximum atomic E-state index is 13.7. The number of alkyl halides is 3. The first-order chi connectivity index (χ1) is 20.9. The van der Waals surface area contributed by atoms with Gasteiger partial charge in [-0.3, -0.25) is 9.59 Å². The van der Waals surface area contributed by atoms with E-state index in [0.717, 1.165) is 23.3 Å². The van der Waals surface area contributed by atoms with Crippen LogP contribution in [0.15, 0.2) is 29.4 Å². The van der Waals surface area contributed by atoms with Gasteiger partial charge in [0.1, 0.15) is 10.7 Å². The number of sulfone groups is 1. The highest BCUT2D eigenvalue weighted by Crippen LogP contribution is 2.44. The zero-order valence-corrected chi connectivity index (χ0v) is 27.1. The van der Waals surface area contributed by atoms with Crippen molar-refractivity contribution in [2.45, 2.75) is 64.2 Å². The van der Waals surface area contributed by atoms with E-state index in [1.165, 1.54) is 43.8 Å². The van der Waals surface area contributed by atoms with Crippen LogP contribution in [0.1, 0.15) is 66.5 Å². The molecule has 2 aromatic heterocycles. The second-order valence-electron chi connectivity index (χ2n) is 11.8. The van der Waals surface area contributed by atoms with Gasteiger partial charge in [-0.15, -0.1) is 11.3 Å². The molecule has 1 atom stereocenters. The van der Waals surface area contributed by atoms with E-state index in [0.29, 0.717) is 29.2 Å². The summed E-state index contributed by atoms with van der Waals surface area (Å²) < 4.78 is 77.8. The Balaban J connectivity index is 1.51. The molecule has 2 heterocycles. The number of anilines is 1. The highest BCUT2D eigenvalue weighted by molar-refractivity contribution is 7.91. The Morgan fingerprint density at radius 1 is 1.09 bits per heavy atom. The molecule has 0 unspecified atom stereocenters. The van der Waals surface area contributed by atoms with Crippen molar-refractivity contribution in [1.82, 2.24) is 9.97 Å². The van der Waals surface area contributed by atoms with Crippen molar-refractivity contribution in [1.29, 1.82) is 0 Å². The number of aromatic nitrogens is 2. The van der Waals surface area contributed by atoms with E-state index in [1.54, 1.807) is 0 Å². The number of nitrogens with two attached hydrogens (primary N) is 1. The Bertz CT molecular complexity index is 1720. The average Bonchev–Trinajstić information content (AvgIpc) is 3.32. The Kier molecular flexibility index (Phi) is 9.83. The predicted molar refractivity (Wildman–Crippen MR) is 163 cm³/mol. The number of benzene rings is 1. The van der Waals surface area contributed by atoms with Gasteiger partial charge in [-0.05, 0) is 66.8 Å². The Morgan fingerprint density at radius 2 is 1.78 bits per heavy atom. The van der Waals surface area contributed by atoms with Gasteiger partial charge in [-0.2, -0.15) is 13.2 Å². The number of carbonyl (C=O) groups is 2. The van der Waals surface area contributed by atoms with Crippen LogP contribution in [0.3, 0.4) is 0 Å². The fourth-order valence-electron chi connectivity index (χ4n) is 5.23. The van der Waals surface area contributed by atoms with Gasteiger partial charge in [0.25, 0.3) is 5.91 Å². The first-order valence-corrected chi connectivity index (χ1v) is 16.6. The molecule has 2 amide bonds. The molecule has 0 aliphatic heterocycles. The first-order valence-electron chi connectivity index (χ1n) is 14.1. The van der Waals surface area contributed by atoms with Crippen molar-refractivity contribution in [3.05, 3.63) is 46.0 Å². The number of amides is 2. The molecule has 4 rings (SSSR count). The van der Waals surface area contributed by atoms with Crippen molar-refractivity contribution in [3.8, 4) is 22.8 Å². The molecule has 0 spiro atoms. The van der Waals surface area contributed by atoms with Crippen LogP contribution in [-0.4, -0.2) is 50.2 Å². The third-order valence-corrected chi connectivity index (χ3v) is 10.5. The summed E-state index contributed by atoms with van der Waals surface area (Å²) in [7, 11) is -1.71. The topological polar surface area (TPSA) is 151 Å². The lowest BCUT2D eigenvalue weighted by Crippen LogP contribution is -2.27. The molecule has 0 saturated heterocycles. The van der Waals surface area contributed by atoms with Gasteiger partial charge < -0.3 is 20.5 Å². The molecule has 0 fully saturated rings. The minimum Gasteiger partial charge on any atom is -0.493 e. The number of halogens is 3. The Labute approximate surface area is 263 Å². The minimum absolute atomic E-state index is 0.0646. The van der Waals surface area contributed by atoms with Crippen LogP contribution in [0.25, 0.3) is 11.3 Å². The Morgan fingerprint density at radius 3 is 2.38 bits per heavy atom. The highest BCUT2D eigenvalue weighted by atomic mass is 32.2. The number of ether oxygens (including phenoxy) is 2. The van der Waals surface area contributed by atoms with Crippen LogP contribution in [0.5, 0.6) is 11.5 Å². The second kappa shape index (κ2) is 12.9. The molecule has 10 nitrogen and oxygen atoms in total. The van der Waals surface area contributed by atoms with E-state index < -0.39 is 44.4 Å². The summed E-state index contributed by atoms with van der Waals surface area (Å²) in [5.41, 5.74) is 5.24. The number of nitrogens with zero attached hydrogens (tertiary/aromatic N) is 2. The van der Waals surface area contributed by atoms with Gasteiger partial charge in [0.05, 0.1) is 31.2 Å². The molecule has 1 aliphatic carbocycles. The van der Waals surface area contributed by atoms with Crippen LogP contribution in [-0.2, 0) is 33.6 Å². The third-order valence-electron chi connectivity index (χ3n) is 7.76. The van der Waals surface area contributed by atoms with Crippen molar-refractivity contribution < 1.29 is 40.7 Å². The summed E-state index contributed by atoms with van der Waals surface area (Å²) in [6.45, 7) is 6.47. The fraction of sp³-hybridized carbons (Fsp3) is 0.467. The number of rotatable bonds is 10. The van der Waals surface area contributed by atoms with Crippen LogP contribution < -0.4 is 20.5 Å². The monoisotopic (exact) mass is 668 g/mol. The molecule has 244 valence electrons. The van der Waals surface area contributed by atoms with Crippen molar-refractivity contribution >= 4 is 38.0 Å². The molecule has 15 heteroatoms. The summed E-state index contributed by atoms with van der Waals surface area (Å²) in [4.78, 5) is 33.4. The first kappa shape index (κ1) is 34.2. The van der Waals surface area contributed by atoms with Gasteiger partial charge in [0, 0.05) is 16.9 Å². The highest BCUT2D eigenvalue weighted by Gasteiger charge is 2.36. The SMILES string of the molecule is COc1ccc(-c2cc(C(F)(F)F)nc(S(=O)(=O)CCCC(=O)Nc3sc4c(c3C(N)=O)CC[C@H](C(C)(C)C)C4)n2)cc1OC. The van der Waals surface area contributed by atoms with E-state index >= 15 is 0 Å². The number of nitrogens with one attached hydrogen (secondary N) is 1. The number of thiophene rings is 1. The normalized spacial score (nSPS) is 15.3. The van der Waals surface area contributed by atoms with Gasteiger partial charge in [0.15, 0.2) is 11.5 Å². The molecule has 0 radical (unpaired) electrons. The standard InChI is InChI=1S/C30H35F3N4O6S2/c1-29(2,3)17-9-10-18-22(14-17)44-27(25(18)26(34)39)37-24(38)7-6-12-45(40,41)28-35-19(15-23(36-28)30(31,32)33)16-8-11-20(42-4)21(13-16)43-5/h8,11,13,15,17H,6-7,9-10,12,14H2,1-5H3,(H2,34,39)(H,37,38)/t17-/m0/s1. The van der Waals surface area contributed by atoms with Gasteiger partial charge >= 0.3 is 6.18 Å². The molecule has 1 aliphatic rings. The Hall–Kier alpha value is -3.72. The van der Waals surface area contributed by atoms with E-state index in [1.807, 2.05) is 0 Å². The number of methoxy groups -OCH3 is 2. The molecule has 45 heavy (non-hydrogen) atoms. The molecule has 0 bridgehead atoms. The molecular weight excluding hydrogens is 633 g/mol. The van der Waals surface area contributed by atoms with E-state index in [-0.39, 0.29) is 40.8 Å². The quantitative estimate of drug-likeness (QED) is 0.262. The number of fused-ring (bicyclic) bond motifs is 1. The van der Waals surface area contributed by atoms with Gasteiger partial charge in [-0.25, -0.2) is 18.4 Å². The summed E-state index contributed by atoms with van der Waals surface area (Å²) in [6, 6.07) is 4.88. The lowest BCUT2D eigenvalue weighted by molar-refractivity contribution is -0.141. The van der Waals surface area contributed by atoms with Crippen LogP contribution in [0.2, 0.25) is 0 Å². The molecule has 3 N–H and O–H groups in total. The smallest absolute Gasteiger partial charge is 0.433 e. The summed E-state index contributed by atoms with van der Waals surface area (Å²) in [5.74, 6) is -0.996. The van der Waals surface area contributed by atoms with Crippen LogP contribution in [0.4, 0.5) is 18.2 Å². The van der Waals surface area contributed by atoms with Crippen LogP contribution >= 0.6 is 11.3 Å². The lowest BCUT2D eigenvalue weighted by Gasteiger charge is -2.33. The second-order valence-corrected chi connectivity index (χ2v) is 14.9. The van der Waals surface area contributed by atoms with Crippen molar-refractivity contribution in [2.75, 3.05) is 25.3 Å². The van der Waals surface area contributed by atoms with Gasteiger partial charge in [0.2, 0.25) is 20.9 Å². The number of hydrogen-bond donors (Lipinski definition) is 2. The van der Waals surface area contributed by atoms with Gasteiger partial charge in [-0.1, -0.05) is 20.8 Å². The zero-order chi connectivity index (χ0) is 33.3. The lowest BCUT2D eigenvalue weighted by atomic mass is 9.72. The molecule has 1 aromatic carbocycles. The zero-order valence-electron chi connectivity index (χ0n) is 25.5. The predicted octanol–water partition coefficient (Wildman–Crippen LogP) is 5.68. The summed E-state index contributed by atoms with van der Waals surface area (Å²) in [6.07, 6.45) is -3.19. The van der Waals surface area contributed by atoms with Crippen LogP contribution in [0, 0.1) is 11.3 Å².